The summed E-state index contributed by atoms with van der Waals surface area (Å²) in [6, 6.07) is 0. The van der Waals surface area contributed by atoms with Crippen molar-refractivity contribution in [2.45, 2.75) is 44.8 Å². The molecule has 4 atom stereocenters. The summed E-state index contributed by atoms with van der Waals surface area (Å²) < 4.78 is 82.1. The van der Waals surface area contributed by atoms with E-state index in [4.69, 9.17) is 4.74 Å². The molecular weight excluding hydrogens is 575 g/mol. The average molecular weight is 588 g/mol. The summed E-state index contributed by atoms with van der Waals surface area (Å²) in [7, 11) is 0. The fraction of sp³-hybridized carbons (Fsp3) is 0.909. The number of carbonyl (C=O) groups is 1. The van der Waals surface area contributed by atoms with E-state index < -0.39 is 46.3 Å². The van der Waals surface area contributed by atoms with Gasteiger partial charge in [0.15, 0.2) is 0 Å². The third-order valence-corrected chi connectivity index (χ3v) is 8.44. The Morgan fingerprint density at radius 2 is 2.00 bits per heavy atom. The molecule has 0 aromatic carbocycles. The number of hydrogen-bond donors (Lipinski definition) is 2. The number of hydrogen-bond acceptors (Lipinski definition) is 6. The Balaban J connectivity index is 2.17. The normalized spacial score (nSPS) is 38.6. The van der Waals surface area contributed by atoms with Gasteiger partial charge in [0.05, 0.1) is 0 Å². The molecule has 13 heteroatoms. The van der Waals surface area contributed by atoms with E-state index in [0.29, 0.717) is 6.92 Å². The van der Waals surface area contributed by atoms with Crippen LogP contribution in [0.25, 0.3) is 0 Å². The molecule has 24 heavy (non-hydrogen) atoms. The summed E-state index contributed by atoms with van der Waals surface area (Å²) in [5.41, 5.74) is -2.91. The quantitative estimate of drug-likeness (QED) is 0.0777. The van der Waals surface area contributed by atoms with E-state index in [0.717, 1.165) is 0 Å². The van der Waals surface area contributed by atoms with Crippen molar-refractivity contribution in [2.24, 2.45) is 0 Å². The number of esters is 1. The Morgan fingerprint density at radius 3 is 2.46 bits per heavy atom. The Labute approximate surface area is 157 Å². The van der Waals surface area contributed by atoms with Gasteiger partial charge >= 0.3 is 158 Å². The summed E-state index contributed by atoms with van der Waals surface area (Å²) in [6.07, 6.45) is -5.77. The molecule has 0 aliphatic carbocycles. The standard InChI is InChI=1S/C11H13F5I2NO5/c1-7(3-22-6(20)8(2,17)5-18-19-5)9(12,13)10(21,11(14,15)16)24-4-23-7/h5,19,21H,3-4H2,1-2H3/q-1. The molecule has 0 radical (unpaired) electrons. The molecular formula is C11H13F5I2NO5-. The van der Waals surface area contributed by atoms with Crippen molar-refractivity contribution < 1.29 is 67.5 Å². The van der Waals surface area contributed by atoms with Crippen molar-refractivity contribution in [2.75, 3.05) is 13.4 Å². The first-order valence-corrected chi connectivity index (χ1v) is 9.78. The van der Waals surface area contributed by atoms with Crippen molar-refractivity contribution in [3.05, 3.63) is 0 Å². The van der Waals surface area contributed by atoms with Crippen LogP contribution in [0.3, 0.4) is 0 Å². The molecule has 4 unspecified atom stereocenters. The van der Waals surface area contributed by atoms with Gasteiger partial charge in [0, 0.05) is 0 Å². The van der Waals surface area contributed by atoms with Gasteiger partial charge in [-0.25, -0.2) is 0 Å². The van der Waals surface area contributed by atoms with Gasteiger partial charge in [-0.05, 0) is 0 Å². The Kier molecular flexibility index (Phi) is 5.39. The van der Waals surface area contributed by atoms with Crippen LogP contribution in [0.15, 0.2) is 0 Å². The fourth-order valence-electron chi connectivity index (χ4n) is 1.86. The molecule has 2 heterocycles. The molecule has 142 valence electrons. The fourth-order valence-corrected chi connectivity index (χ4v) is 5.20. The molecule has 2 aliphatic heterocycles. The van der Waals surface area contributed by atoms with E-state index >= 15 is 0 Å². The molecule has 2 aliphatic rings. The zero-order chi connectivity index (χ0) is 18.6. The number of nitrogens with one attached hydrogen (secondary N) is 1. The minimum absolute atomic E-state index is 0.111. The SMILES string of the molecule is CC(I)(C(=O)OCC1(C)OCOC(O)(C(F)(F)F)C1(F)F)C1N[I-]1. The maximum absolute atomic E-state index is 14.3. The summed E-state index contributed by atoms with van der Waals surface area (Å²) in [6.45, 7) is -0.273. The van der Waals surface area contributed by atoms with Gasteiger partial charge in [0.25, 0.3) is 0 Å². The first-order chi connectivity index (χ1) is 10.7. The topological polar surface area (TPSA) is 86.9 Å². The predicted molar refractivity (Wildman–Crippen MR) is 71.7 cm³/mol. The van der Waals surface area contributed by atoms with E-state index in [9.17, 15) is 31.9 Å². The molecule has 2 saturated heterocycles. The summed E-state index contributed by atoms with van der Waals surface area (Å²) in [5, 5.41) is 9.37. The van der Waals surface area contributed by atoms with Crippen LogP contribution < -0.4 is 25.0 Å². The number of aliphatic hydroxyl groups is 1. The second-order valence-corrected chi connectivity index (χ2v) is 10.3. The zero-order valence-electron chi connectivity index (χ0n) is 12.2. The van der Waals surface area contributed by atoms with E-state index in [-0.39, 0.29) is 25.5 Å². The second kappa shape index (κ2) is 6.24. The van der Waals surface area contributed by atoms with E-state index in [2.05, 4.69) is 13.0 Å². The van der Waals surface area contributed by atoms with Crippen molar-refractivity contribution in [3.8, 4) is 0 Å². The van der Waals surface area contributed by atoms with Gasteiger partial charge < -0.3 is 0 Å². The van der Waals surface area contributed by atoms with Gasteiger partial charge in [0.2, 0.25) is 0 Å². The molecule has 0 aromatic rings. The van der Waals surface area contributed by atoms with Gasteiger partial charge in [-0.1, -0.05) is 0 Å². The maximum atomic E-state index is 14.3. The summed E-state index contributed by atoms with van der Waals surface area (Å²) in [4.78, 5) is 12.0. The Morgan fingerprint density at radius 1 is 1.46 bits per heavy atom. The third-order valence-electron chi connectivity index (χ3n) is 3.69. The number of rotatable bonds is 4. The molecule has 2 N–H and O–H groups in total. The molecule has 2 rings (SSSR count). The van der Waals surface area contributed by atoms with Crippen LogP contribution in [0.2, 0.25) is 0 Å². The third kappa shape index (κ3) is 3.23. The van der Waals surface area contributed by atoms with Gasteiger partial charge in [-0.15, -0.1) is 0 Å². The van der Waals surface area contributed by atoms with Gasteiger partial charge in [0.1, 0.15) is 0 Å². The molecule has 0 bridgehead atoms. The molecule has 0 spiro atoms. The molecule has 0 saturated carbocycles. The van der Waals surface area contributed by atoms with E-state index in [1.165, 1.54) is 6.92 Å². The van der Waals surface area contributed by atoms with Crippen LogP contribution in [0, 0.1) is 0 Å². The first-order valence-electron chi connectivity index (χ1n) is 6.38. The average Bonchev–Trinajstić information content (AvgIpc) is 3.26. The second-order valence-electron chi connectivity index (χ2n) is 5.59. The Bertz CT molecular complexity index is 529. The van der Waals surface area contributed by atoms with Crippen LogP contribution >= 0.6 is 22.6 Å². The van der Waals surface area contributed by atoms with Crippen LogP contribution in [0.5, 0.6) is 0 Å². The van der Waals surface area contributed by atoms with Crippen molar-refractivity contribution >= 4 is 28.6 Å². The van der Waals surface area contributed by atoms with Gasteiger partial charge in [-0.2, -0.15) is 0 Å². The van der Waals surface area contributed by atoms with Crippen molar-refractivity contribution in [3.63, 3.8) is 0 Å². The van der Waals surface area contributed by atoms with Crippen LogP contribution in [0.4, 0.5) is 22.0 Å². The monoisotopic (exact) mass is 588 g/mol. The van der Waals surface area contributed by atoms with Crippen LogP contribution in [-0.2, 0) is 19.0 Å². The van der Waals surface area contributed by atoms with Gasteiger partial charge in [-0.3, -0.25) is 0 Å². The molecule has 0 amide bonds. The van der Waals surface area contributed by atoms with Crippen LogP contribution in [0.1, 0.15) is 13.8 Å². The molecule has 6 nitrogen and oxygen atoms in total. The van der Waals surface area contributed by atoms with Crippen molar-refractivity contribution in [1.29, 1.82) is 0 Å². The van der Waals surface area contributed by atoms with E-state index in [1.807, 2.05) is 0 Å². The first kappa shape index (κ1) is 20.7. The number of carbonyl (C=O) groups excluding carboxylic acids is 1. The number of ether oxygens (including phenoxy) is 3. The Hall–Kier alpha value is 0.420. The number of halogens is 7. The van der Waals surface area contributed by atoms with Crippen molar-refractivity contribution in [1.82, 2.24) is 3.53 Å². The van der Waals surface area contributed by atoms with E-state index in [1.54, 1.807) is 22.6 Å². The minimum atomic E-state index is -5.77. The molecule has 2 fully saturated rings. The summed E-state index contributed by atoms with van der Waals surface area (Å²) in [5.74, 6) is -10.5. The van der Waals surface area contributed by atoms with Crippen LogP contribution in [-0.4, -0.2) is 55.4 Å². The predicted octanol–water partition coefficient (Wildman–Crippen LogP) is -1.69. The molecule has 0 aromatic heterocycles. The number of alkyl halides is 7. The summed E-state index contributed by atoms with van der Waals surface area (Å²) >= 11 is 1.40. The zero-order valence-corrected chi connectivity index (χ0v) is 16.5.